The van der Waals surface area contributed by atoms with Gasteiger partial charge in [0, 0.05) is 10.6 Å². The lowest BCUT2D eigenvalue weighted by Crippen LogP contribution is -2.19. The molecule has 0 spiro atoms. The van der Waals surface area contributed by atoms with Crippen LogP contribution in [0.3, 0.4) is 0 Å². The minimum Gasteiger partial charge on any atom is -0.469 e. The Morgan fingerprint density at radius 2 is 2.00 bits per heavy atom. The average Bonchev–Trinajstić information content (AvgIpc) is 2.31. The van der Waals surface area contributed by atoms with Crippen LogP contribution < -0.4 is 0 Å². The maximum absolute atomic E-state index is 12.0. The quantitative estimate of drug-likeness (QED) is 0.774. The number of rotatable bonds is 4. The van der Waals surface area contributed by atoms with E-state index < -0.39 is 10.8 Å². The molecule has 1 aromatic carbocycles. The second-order valence-corrected chi connectivity index (χ2v) is 5.68. The molecule has 3 nitrogen and oxygen atoms in total. The van der Waals surface area contributed by atoms with Gasteiger partial charge in [0.15, 0.2) is 0 Å². The van der Waals surface area contributed by atoms with Crippen LogP contribution >= 0.6 is 0 Å². The van der Waals surface area contributed by atoms with Gasteiger partial charge in [-0.3, -0.25) is 9.00 Å². The summed E-state index contributed by atoms with van der Waals surface area (Å²) in [6.45, 7) is 5.73. The van der Waals surface area contributed by atoms with Crippen LogP contribution in [0.1, 0.15) is 18.1 Å². The van der Waals surface area contributed by atoms with E-state index in [2.05, 4.69) is 4.74 Å². The van der Waals surface area contributed by atoms with Gasteiger partial charge in [0.25, 0.3) is 0 Å². The third-order valence-electron chi connectivity index (χ3n) is 2.75. The van der Waals surface area contributed by atoms with Gasteiger partial charge in [-0.05, 0) is 37.1 Å². The number of methoxy groups -OCH3 is 1. The van der Waals surface area contributed by atoms with Crippen LogP contribution in [0.2, 0.25) is 0 Å². The van der Waals surface area contributed by atoms with Gasteiger partial charge in [0.1, 0.15) is 0 Å². The monoisotopic (exact) mass is 254 g/mol. The fourth-order valence-electron chi connectivity index (χ4n) is 1.45. The number of hydrogen-bond donors (Lipinski definition) is 0. The van der Waals surface area contributed by atoms with Crippen molar-refractivity contribution in [1.82, 2.24) is 0 Å². The largest absolute Gasteiger partial charge is 0.469 e. The Kier molecular flexibility index (Phi) is 4.87. The molecule has 0 heterocycles. The van der Waals surface area contributed by atoms with Gasteiger partial charge in [-0.25, -0.2) is 0 Å². The minimum atomic E-state index is -1.16. The molecule has 0 saturated heterocycles. The van der Waals surface area contributed by atoms with Crippen LogP contribution in [0.4, 0.5) is 0 Å². The Bertz CT molecular complexity index is 440. The fourth-order valence-corrected chi connectivity index (χ4v) is 2.76. The van der Waals surface area contributed by atoms with Crippen LogP contribution in [0.25, 0.3) is 0 Å². The molecule has 94 valence electrons. The van der Waals surface area contributed by atoms with Gasteiger partial charge in [0.2, 0.25) is 0 Å². The molecule has 0 radical (unpaired) electrons. The highest BCUT2D eigenvalue weighted by Crippen LogP contribution is 2.15. The first-order chi connectivity index (χ1) is 7.95. The van der Waals surface area contributed by atoms with Crippen LogP contribution in [-0.4, -0.2) is 23.0 Å². The Hall–Kier alpha value is -1.16. The average molecular weight is 254 g/mol. The second kappa shape index (κ2) is 5.96. The van der Waals surface area contributed by atoms with E-state index in [1.165, 1.54) is 12.7 Å². The Morgan fingerprint density at radius 3 is 2.53 bits per heavy atom. The maximum atomic E-state index is 12.0. The van der Waals surface area contributed by atoms with Gasteiger partial charge < -0.3 is 4.74 Å². The lowest BCUT2D eigenvalue weighted by atomic mass is 10.1. The van der Waals surface area contributed by atoms with E-state index in [0.717, 1.165) is 10.5 Å². The van der Waals surface area contributed by atoms with Crippen LogP contribution in [0.5, 0.6) is 0 Å². The molecule has 1 rings (SSSR count). The number of benzene rings is 1. The molecule has 0 saturated carbocycles. The molecule has 0 fully saturated rings. The molecular weight excluding hydrogens is 236 g/mol. The van der Waals surface area contributed by atoms with Crippen LogP contribution in [0, 0.1) is 19.8 Å². The molecular formula is C13H18O3S. The molecule has 0 bridgehead atoms. The molecule has 1 aromatic rings. The summed E-state index contributed by atoms with van der Waals surface area (Å²) in [5, 5.41) is 0. The zero-order chi connectivity index (χ0) is 13.0. The van der Waals surface area contributed by atoms with Crippen molar-refractivity contribution in [3.05, 3.63) is 29.3 Å². The molecule has 2 atom stereocenters. The summed E-state index contributed by atoms with van der Waals surface area (Å²) in [7, 11) is 0.190. The highest BCUT2D eigenvalue weighted by molar-refractivity contribution is 7.85. The summed E-state index contributed by atoms with van der Waals surface area (Å²) in [5.74, 6) is -0.362. The molecule has 0 aliphatic rings. The Morgan fingerprint density at radius 1 is 1.35 bits per heavy atom. The summed E-state index contributed by atoms with van der Waals surface area (Å²) in [5.41, 5.74) is 2.29. The highest BCUT2D eigenvalue weighted by Gasteiger charge is 2.17. The third-order valence-corrected chi connectivity index (χ3v) is 4.33. The number of ether oxygens (including phenoxy) is 1. The zero-order valence-electron chi connectivity index (χ0n) is 10.6. The van der Waals surface area contributed by atoms with E-state index in [1.807, 2.05) is 32.0 Å². The zero-order valence-corrected chi connectivity index (χ0v) is 11.5. The van der Waals surface area contributed by atoms with E-state index in [4.69, 9.17) is 0 Å². The summed E-state index contributed by atoms with van der Waals surface area (Å²) in [6, 6.07) is 5.71. The van der Waals surface area contributed by atoms with Crippen molar-refractivity contribution in [2.45, 2.75) is 25.7 Å². The van der Waals surface area contributed by atoms with Crippen molar-refractivity contribution in [3.8, 4) is 0 Å². The Labute approximate surface area is 105 Å². The molecule has 2 unspecified atom stereocenters. The van der Waals surface area contributed by atoms with E-state index >= 15 is 0 Å². The lowest BCUT2D eigenvalue weighted by molar-refractivity contribution is -0.144. The van der Waals surface area contributed by atoms with Crippen molar-refractivity contribution in [1.29, 1.82) is 0 Å². The first kappa shape index (κ1) is 13.9. The predicted octanol–water partition coefficient (Wildman–Crippen LogP) is 2.22. The fraction of sp³-hybridized carbons (Fsp3) is 0.462. The van der Waals surface area contributed by atoms with E-state index in [-0.39, 0.29) is 11.9 Å². The van der Waals surface area contributed by atoms with Crippen molar-refractivity contribution in [2.24, 2.45) is 5.92 Å². The summed E-state index contributed by atoms with van der Waals surface area (Å²) >= 11 is 0. The number of esters is 1. The SMILES string of the molecule is COC(=O)C(C)CS(=O)c1ccc(C)c(C)c1. The number of hydrogen-bond acceptors (Lipinski definition) is 3. The summed E-state index contributed by atoms with van der Waals surface area (Å²) in [6.07, 6.45) is 0. The van der Waals surface area contributed by atoms with Crippen LogP contribution in [0.15, 0.2) is 23.1 Å². The smallest absolute Gasteiger partial charge is 0.309 e. The molecule has 0 aliphatic heterocycles. The van der Waals surface area contributed by atoms with Crippen molar-refractivity contribution >= 4 is 16.8 Å². The lowest BCUT2D eigenvalue weighted by Gasteiger charge is -2.09. The number of carbonyl (C=O) groups is 1. The topological polar surface area (TPSA) is 43.4 Å². The molecule has 0 aliphatic carbocycles. The summed E-state index contributed by atoms with van der Waals surface area (Å²) < 4.78 is 16.7. The normalized spacial score (nSPS) is 14.1. The Balaban J connectivity index is 2.76. The standard InChI is InChI=1S/C13H18O3S/c1-9-5-6-12(7-10(9)2)17(15)8-11(3)13(14)16-4/h5-7,11H,8H2,1-4H3. The van der Waals surface area contributed by atoms with Gasteiger partial charge in [-0.1, -0.05) is 13.0 Å². The van der Waals surface area contributed by atoms with Crippen molar-refractivity contribution in [2.75, 3.05) is 12.9 Å². The second-order valence-electron chi connectivity index (χ2n) is 4.18. The predicted molar refractivity (Wildman–Crippen MR) is 68.4 cm³/mol. The highest BCUT2D eigenvalue weighted by atomic mass is 32.2. The first-order valence-corrected chi connectivity index (χ1v) is 6.81. The van der Waals surface area contributed by atoms with Gasteiger partial charge in [-0.15, -0.1) is 0 Å². The first-order valence-electron chi connectivity index (χ1n) is 5.49. The summed E-state index contributed by atoms with van der Waals surface area (Å²) in [4.78, 5) is 12.0. The number of aryl methyl sites for hydroxylation is 2. The molecule has 0 aromatic heterocycles. The van der Waals surface area contributed by atoms with Gasteiger partial charge in [0.05, 0.1) is 23.8 Å². The van der Waals surface area contributed by atoms with E-state index in [9.17, 15) is 9.00 Å². The van der Waals surface area contributed by atoms with Crippen molar-refractivity contribution in [3.63, 3.8) is 0 Å². The van der Waals surface area contributed by atoms with Crippen LogP contribution in [-0.2, 0) is 20.3 Å². The minimum absolute atomic E-state index is 0.301. The van der Waals surface area contributed by atoms with Crippen molar-refractivity contribution < 1.29 is 13.7 Å². The molecule has 0 amide bonds. The molecule has 17 heavy (non-hydrogen) atoms. The third kappa shape index (κ3) is 3.66. The van der Waals surface area contributed by atoms with Gasteiger partial charge in [-0.2, -0.15) is 0 Å². The van der Waals surface area contributed by atoms with Gasteiger partial charge >= 0.3 is 5.97 Å². The number of carbonyl (C=O) groups excluding carboxylic acids is 1. The van der Waals surface area contributed by atoms with E-state index in [0.29, 0.717) is 5.75 Å². The molecule has 4 heteroatoms. The maximum Gasteiger partial charge on any atom is 0.309 e. The molecule has 0 N–H and O–H groups in total. The van der Waals surface area contributed by atoms with E-state index in [1.54, 1.807) is 6.92 Å².